The molecule has 0 N–H and O–H groups in total. The van der Waals surface area contributed by atoms with Crippen molar-refractivity contribution in [2.45, 2.75) is 290 Å². The molecule has 0 rings (SSSR count). The summed E-state index contributed by atoms with van der Waals surface area (Å²) in [5.74, 6) is -0.817. The van der Waals surface area contributed by atoms with Crippen molar-refractivity contribution in [2.24, 2.45) is 0 Å². The Bertz CT molecular complexity index is 1200. The fraction of sp³-hybridized carbons (Fsp3) is 0.897. The van der Waals surface area contributed by atoms with Gasteiger partial charge in [-0.3, -0.25) is 14.2 Å². The number of ether oxygens (including phenoxy) is 2. The molecule has 2 atom stereocenters. The number of rotatable bonds is 54. The predicted octanol–water partition coefficient (Wildman–Crippen LogP) is 17.2. The molecule has 0 radical (unpaired) electrons. The van der Waals surface area contributed by atoms with Gasteiger partial charge in [-0.15, -0.1) is 0 Å². The normalized spacial score (nSPS) is 13.4. The minimum Gasteiger partial charge on any atom is -0.756 e. The Morgan fingerprint density at radius 3 is 1.16 bits per heavy atom. The van der Waals surface area contributed by atoms with Gasteiger partial charge in [0, 0.05) is 12.8 Å². The second kappa shape index (κ2) is 50.4. The Kier molecular flexibility index (Phi) is 49.3. The lowest BCUT2D eigenvalue weighted by Gasteiger charge is -2.28. The average molecular weight is 983 g/mol. The molecule has 10 heteroatoms. The zero-order valence-corrected chi connectivity index (χ0v) is 46.5. The van der Waals surface area contributed by atoms with Crippen LogP contribution in [0.4, 0.5) is 0 Å². The first kappa shape index (κ1) is 66.5. The van der Waals surface area contributed by atoms with Crippen LogP contribution in [0.25, 0.3) is 0 Å². The molecule has 0 aliphatic heterocycles. The van der Waals surface area contributed by atoms with Gasteiger partial charge < -0.3 is 27.9 Å². The van der Waals surface area contributed by atoms with Crippen LogP contribution in [-0.2, 0) is 32.7 Å². The van der Waals surface area contributed by atoms with Gasteiger partial charge in [0.2, 0.25) is 0 Å². The van der Waals surface area contributed by atoms with Crippen molar-refractivity contribution in [3.8, 4) is 0 Å². The summed E-state index contributed by atoms with van der Waals surface area (Å²) in [6.07, 6.45) is 59.3. The van der Waals surface area contributed by atoms with Gasteiger partial charge in [-0.2, -0.15) is 0 Å². The summed E-state index contributed by atoms with van der Waals surface area (Å²) in [7, 11) is 1.18. The molecule has 0 aromatic heterocycles. The number of quaternary nitrogens is 1. The number of phosphoric acid groups is 1. The van der Waals surface area contributed by atoms with Gasteiger partial charge >= 0.3 is 11.9 Å². The van der Waals surface area contributed by atoms with Crippen LogP contribution in [0.1, 0.15) is 284 Å². The summed E-state index contributed by atoms with van der Waals surface area (Å²) >= 11 is 0. The average Bonchev–Trinajstić information content (AvgIpc) is 3.30. The molecule has 0 aromatic rings. The Morgan fingerprint density at radius 1 is 0.456 bits per heavy atom. The van der Waals surface area contributed by atoms with Crippen molar-refractivity contribution >= 4 is 19.8 Å². The third kappa shape index (κ3) is 53.8. The van der Waals surface area contributed by atoms with Gasteiger partial charge in [-0.05, 0) is 44.9 Å². The van der Waals surface area contributed by atoms with Crippen molar-refractivity contribution in [1.82, 2.24) is 0 Å². The molecule has 0 spiro atoms. The highest BCUT2D eigenvalue weighted by atomic mass is 31.2. The molecule has 0 saturated carbocycles. The van der Waals surface area contributed by atoms with Gasteiger partial charge in [-0.1, -0.05) is 250 Å². The number of phosphoric ester groups is 1. The van der Waals surface area contributed by atoms with E-state index < -0.39 is 26.5 Å². The molecule has 0 aromatic carbocycles. The first-order valence-electron chi connectivity index (χ1n) is 29.0. The summed E-state index contributed by atoms with van der Waals surface area (Å²) in [5.41, 5.74) is 0. The predicted molar refractivity (Wildman–Crippen MR) is 287 cm³/mol. The van der Waals surface area contributed by atoms with E-state index >= 15 is 0 Å². The van der Waals surface area contributed by atoms with Crippen molar-refractivity contribution in [2.75, 3.05) is 47.5 Å². The lowest BCUT2D eigenvalue weighted by molar-refractivity contribution is -0.870. The molecule has 0 aliphatic carbocycles. The standard InChI is InChI=1S/C58H112NO8P/c1-6-8-10-12-14-16-18-20-22-24-25-26-27-28-29-30-31-32-33-35-37-39-41-43-45-47-49-51-58(61)67-56(55-66-68(62,63)65-53-52-59(3,4)5)54-64-57(60)50-48-46-44-42-40-38-36-34-23-21-19-17-15-13-11-9-7-2/h18,20,24-25,56H,6-17,19,21-23,26-55H2,1-5H3/b20-18-,25-24-. The van der Waals surface area contributed by atoms with E-state index in [0.717, 1.165) is 38.5 Å². The quantitative estimate of drug-likeness (QED) is 0.0195. The van der Waals surface area contributed by atoms with E-state index in [-0.39, 0.29) is 32.0 Å². The van der Waals surface area contributed by atoms with Crippen LogP contribution < -0.4 is 4.89 Å². The van der Waals surface area contributed by atoms with Gasteiger partial charge in [0.05, 0.1) is 27.7 Å². The van der Waals surface area contributed by atoms with Crippen LogP contribution in [-0.4, -0.2) is 70.0 Å². The summed E-state index contributed by atoms with van der Waals surface area (Å²) < 4.78 is 34.2. The van der Waals surface area contributed by atoms with E-state index in [1.54, 1.807) is 0 Å². The van der Waals surface area contributed by atoms with Gasteiger partial charge in [-0.25, -0.2) is 0 Å². The molecular weight excluding hydrogens is 870 g/mol. The highest BCUT2D eigenvalue weighted by molar-refractivity contribution is 7.45. The molecule has 9 nitrogen and oxygen atoms in total. The summed E-state index contributed by atoms with van der Waals surface area (Å²) in [6, 6.07) is 0. The van der Waals surface area contributed by atoms with Gasteiger partial charge in [0.1, 0.15) is 19.8 Å². The Hall–Kier alpha value is -1.51. The number of nitrogens with zero attached hydrogens (tertiary/aromatic N) is 1. The van der Waals surface area contributed by atoms with Crippen molar-refractivity contribution in [3.63, 3.8) is 0 Å². The minimum absolute atomic E-state index is 0.0277. The van der Waals surface area contributed by atoms with Gasteiger partial charge in [0.15, 0.2) is 6.10 Å². The molecule has 0 aliphatic rings. The number of hydrogen-bond acceptors (Lipinski definition) is 8. The molecule has 0 saturated heterocycles. The molecule has 2 unspecified atom stereocenters. The maximum atomic E-state index is 12.8. The molecule has 0 heterocycles. The van der Waals surface area contributed by atoms with Crippen molar-refractivity contribution in [1.29, 1.82) is 0 Å². The van der Waals surface area contributed by atoms with Crippen LogP contribution in [0, 0.1) is 0 Å². The topological polar surface area (TPSA) is 111 Å². The third-order valence-corrected chi connectivity index (χ3v) is 13.9. The zero-order chi connectivity index (χ0) is 49.9. The van der Waals surface area contributed by atoms with E-state index in [1.807, 2.05) is 21.1 Å². The lowest BCUT2D eigenvalue weighted by Crippen LogP contribution is -2.37. The van der Waals surface area contributed by atoms with Crippen molar-refractivity contribution < 1.29 is 42.1 Å². The van der Waals surface area contributed by atoms with E-state index in [4.69, 9.17) is 18.5 Å². The second-order valence-electron chi connectivity index (χ2n) is 21.0. The largest absolute Gasteiger partial charge is 0.756 e. The van der Waals surface area contributed by atoms with Crippen LogP contribution in [0.3, 0.4) is 0 Å². The number of likely N-dealkylation sites (N-methyl/N-ethyl adjacent to an activating group) is 1. The Balaban J connectivity index is 4.10. The third-order valence-electron chi connectivity index (χ3n) is 13.0. The number of allylic oxidation sites excluding steroid dienone is 4. The molecular formula is C58H112NO8P. The summed E-state index contributed by atoms with van der Waals surface area (Å²) in [6.45, 7) is 4.28. The first-order chi connectivity index (χ1) is 33.0. The number of unbranched alkanes of at least 4 members (excludes halogenated alkanes) is 36. The Labute approximate surface area is 421 Å². The second-order valence-corrected chi connectivity index (χ2v) is 22.4. The smallest absolute Gasteiger partial charge is 0.306 e. The molecule has 68 heavy (non-hydrogen) atoms. The highest BCUT2D eigenvalue weighted by Gasteiger charge is 2.22. The maximum absolute atomic E-state index is 12.8. The molecule has 402 valence electrons. The van der Waals surface area contributed by atoms with Crippen LogP contribution in [0.2, 0.25) is 0 Å². The fourth-order valence-corrected chi connectivity index (χ4v) is 9.18. The van der Waals surface area contributed by atoms with Crippen LogP contribution in [0.15, 0.2) is 24.3 Å². The number of hydrogen-bond donors (Lipinski definition) is 0. The van der Waals surface area contributed by atoms with E-state index in [9.17, 15) is 19.0 Å². The number of esters is 2. The number of carbonyl (C=O) groups is 2. The monoisotopic (exact) mass is 982 g/mol. The van der Waals surface area contributed by atoms with Crippen LogP contribution >= 0.6 is 7.82 Å². The zero-order valence-electron chi connectivity index (χ0n) is 45.6. The summed E-state index contributed by atoms with van der Waals surface area (Å²) in [4.78, 5) is 37.8. The van der Waals surface area contributed by atoms with Gasteiger partial charge in [0.25, 0.3) is 7.82 Å². The lowest BCUT2D eigenvalue weighted by atomic mass is 10.0. The SMILES string of the molecule is CCCCCCC/C=C\C/C=C\CCCCCCCCCCCCCCCCCC(=O)OC(COC(=O)CCCCCCCCCCCCCCCCCCC)COP(=O)([O-])OCC[N+](C)(C)C. The molecule has 0 bridgehead atoms. The maximum Gasteiger partial charge on any atom is 0.306 e. The first-order valence-corrected chi connectivity index (χ1v) is 30.5. The van der Waals surface area contributed by atoms with Crippen molar-refractivity contribution in [3.05, 3.63) is 24.3 Å². The number of carbonyl (C=O) groups excluding carboxylic acids is 2. The fourth-order valence-electron chi connectivity index (χ4n) is 8.45. The minimum atomic E-state index is -4.63. The Morgan fingerprint density at radius 2 is 0.794 bits per heavy atom. The van der Waals surface area contributed by atoms with Crippen LogP contribution in [0.5, 0.6) is 0 Å². The van der Waals surface area contributed by atoms with E-state index in [2.05, 4.69) is 38.2 Å². The molecule has 0 fully saturated rings. The summed E-state index contributed by atoms with van der Waals surface area (Å²) in [5, 5.41) is 0. The van der Waals surface area contributed by atoms with E-state index in [0.29, 0.717) is 17.4 Å². The highest BCUT2D eigenvalue weighted by Crippen LogP contribution is 2.38. The van der Waals surface area contributed by atoms with E-state index in [1.165, 1.54) is 212 Å². The molecule has 0 amide bonds.